The maximum absolute atomic E-state index is 13.0. The van der Waals surface area contributed by atoms with Crippen LogP contribution in [0.2, 0.25) is 0 Å². The second-order valence-electron chi connectivity index (χ2n) is 6.50. The lowest BCUT2D eigenvalue weighted by Crippen LogP contribution is -2.51. The van der Waals surface area contributed by atoms with E-state index in [2.05, 4.69) is 6.58 Å². The van der Waals surface area contributed by atoms with Crippen molar-refractivity contribution in [3.63, 3.8) is 0 Å². The zero-order chi connectivity index (χ0) is 19.3. The maximum Gasteiger partial charge on any atom is 0.243 e. The predicted octanol–water partition coefficient (Wildman–Crippen LogP) is 1.56. The van der Waals surface area contributed by atoms with E-state index in [1.54, 1.807) is 4.90 Å². The summed E-state index contributed by atoms with van der Waals surface area (Å²) in [5, 5.41) is 0. The normalized spacial score (nSPS) is 16.4. The number of carbonyl (C=O) groups is 1. The summed E-state index contributed by atoms with van der Waals surface area (Å²) in [5.74, 6) is -0.451. The van der Waals surface area contributed by atoms with Crippen LogP contribution in [0.4, 0.5) is 4.39 Å². The van der Waals surface area contributed by atoms with Crippen molar-refractivity contribution < 1.29 is 17.6 Å². The van der Waals surface area contributed by atoms with Gasteiger partial charge in [-0.15, -0.1) is 0 Å². The molecule has 0 unspecified atom stereocenters. The highest BCUT2D eigenvalue weighted by atomic mass is 32.2. The molecule has 0 bridgehead atoms. The Hall–Kier alpha value is -1.77. The highest BCUT2D eigenvalue weighted by molar-refractivity contribution is 7.89. The number of benzene rings is 1. The van der Waals surface area contributed by atoms with Gasteiger partial charge in [0.1, 0.15) is 5.82 Å². The summed E-state index contributed by atoms with van der Waals surface area (Å²) in [7, 11) is -3.63. The van der Waals surface area contributed by atoms with Gasteiger partial charge in [-0.3, -0.25) is 9.69 Å². The molecule has 1 amide bonds. The van der Waals surface area contributed by atoms with Gasteiger partial charge >= 0.3 is 0 Å². The van der Waals surface area contributed by atoms with E-state index in [0.29, 0.717) is 39.3 Å². The van der Waals surface area contributed by atoms with Crippen LogP contribution in [0.15, 0.2) is 41.3 Å². The van der Waals surface area contributed by atoms with Crippen LogP contribution >= 0.6 is 0 Å². The second kappa shape index (κ2) is 8.75. The van der Waals surface area contributed by atoms with Gasteiger partial charge in [-0.2, -0.15) is 4.31 Å². The van der Waals surface area contributed by atoms with E-state index in [-0.39, 0.29) is 17.3 Å². The van der Waals surface area contributed by atoms with Crippen LogP contribution in [0.3, 0.4) is 0 Å². The highest BCUT2D eigenvalue weighted by Gasteiger charge is 2.29. The maximum atomic E-state index is 13.0. The van der Waals surface area contributed by atoms with Gasteiger partial charge in [-0.1, -0.05) is 12.2 Å². The summed E-state index contributed by atoms with van der Waals surface area (Å²) >= 11 is 0. The molecule has 0 aliphatic carbocycles. The van der Waals surface area contributed by atoms with E-state index in [4.69, 9.17) is 0 Å². The van der Waals surface area contributed by atoms with Crippen molar-refractivity contribution in [1.82, 2.24) is 14.1 Å². The van der Waals surface area contributed by atoms with Crippen molar-refractivity contribution in [2.24, 2.45) is 0 Å². The first kappa shape index (κ1) is 20.5. The molecule has 1 heterocycles. The molecule has 8 heteroatoms. The Labute approximate surface area is 154 Å². The Morgan fingerprint density at radius 3 is 2.27 bits per heavy atom. The third-order valence-corrected chi connectivity index (χ3v) is 6.25. The molecule has 0 N–H and O–H groups in total. The number of sulfonamides is 1. The number of hydrogen-bond donors (Lipinski definition) is 0. The van der Waals surface area contributed by atoms with Crippen molar-refractivity contribution >= 4 is 15.9 Å². The van der Waals surface area contributed by atoms with Crippen LogP contribution in [0.25, 0.3) is 0 Å². The Morgan fingerprint density at radius 2 is 1.77 bits per heavy atom. The van der Waals surface area contributed by atoms with E-state index >= 15 is 0 Å². The molecular weight excluding hydrogens is 357 g/mol. The molecule has 26 heavy (non-hydrogen) atoms. The summed E-state index contributed by atoms with van der Waals surface area (Å²) in [6.45, 7) is 10.6. The van der Waals surface area contributed by atoms with Crippen LogP contribution in [-0.2, 0) is 14.8 Å². The number of hydrogen-bond acceptors (Lipinski definition) is 4. The lowest BCUT2D eigenvalue weighted by molar-refractivity contribution is -0.132. The molecule has 2 rings (SSSR count). The van der Waals surface area contributed by atoms with Crippen molar-refractivity contribution in [3.8, 4) is 0 Å². The Kier molecular flexibility index (Phi) is 6.91. The van der Waals surface area contributed by atoms with Gasteiger partial charge in [0.05, 0.1) is 11.4 Å². The fraction of sp³-hybridized carbons (Fsp3) is 0.500. The first-order chi connectivity index (χ1) is 12.2. The number of rotatable bonds is 7. The third-order valence-electron chi connectivity index (χ3n) is 4.34. The summed E-state index contributed by atoms with van der Waals surface area (Å²) in [4.78, 5) is 16.2. The van der Waals surface area contributed by atoms with Crippen LogP contribution in [-0.4, -0.2) is 74.2 Å². The first-order valence-corrected chi connectivity index (χ1v) is 10.1. The van der Waals surface area contributed by atoms with E-state index in [1.807, 2.05) is 18.7 Å². The number of piperazine rings is 1. The molecule has 0 spiro atoms. The summed E-state index contributed by atoms with van der Waals surface area (Å²) in [5.41, 5.74) is 0.926. The predicted molar refractivity (Wildman–Crippen MR) is 98.7 cm³/mol. The minimum atomic E-state index is -3.63. The minimum Gasteiger partial charge on any atom is -0.338 e. The minimum absolute atomic E-state index is 0.0188. The topological polar surface area (TPSA) is 60.9 Å². The average molecular weight is 383 g/mol. The first-order valence-electron chi connectivity index (χ1n) is 8.64. The monoisotopic (exact) mass is 383 g/mol. The molecular formula is C18H26FN3O3S. The van der Waals surface area contributed by atoms with Gasteiger partial charge < -0.3 is 4.90 Å². The molecule has 1 aromatic rings. The largest absolute Gasteiger partial charge is 0.338 e. The van der Waals surface area contributed by atoms with Crippen LogP contribution in [0, 0.1) is 5.82 Å². The van der Waals surface area contributed by atoms with Crippen LogP contribution < -0.4 is 0 Å². The van der Waals surface area contributed by atoms with Gasteiger partial charge in [0.2, 0.25) is 15.9 Å². The number of amides is 1. The molecule has 1 aliphatic rings. The zero-order valence-corrected chi connectivity index (χ0v) is 16.1. The molecule has 1 fully saturated rings. The molecule has 0 radical (unpaired) electrons. The van der Waals surface area contributed by atoms with Gasteiger partial charge in [0.25, 0.3) is 0 Å². The van der Waals surface area contributed by atoms with Crippen LogP contribution in [0.5, 0.6) is 0 Å². The molecule has 1 aliphatic heterocycles. The second-order valence-corrected chi connectivity index (χ2v) is 8.44. The Balaban J connectivity index is 1.93. The van der Waals surface area contributed by atoms with Crippen molar-refractivity contribution in [2.45, 2.75) is 18.7 Å². The molecule has 0 aromatic heterocycles. The zero-order valence-electron chi connectivity index (χ0n) is 15.3. The third kappa shape index (κ3) is 5.12. The van der Waals surface area contributed by atoms with Crippen molar-refractivity contribution in [2.75, 3.05) is 45.8 Å². The Bertz CT molecular complexity index is 741. The number of halogens is 1. The molecule has 0 saturated carbocycles. The van der Waals surface area contributed by atoms with E-state index in [1.165, 1.54) is 16.4 Å². The Morgan fingerprint density at radius 1 is 1.19 bits per heavy atom. The van der Waals surface area contributed by atoms with Crippen molar-refractivity contribution in [1.29, 1.82) is 0 Å². The van der Waals surface area contributed by atoms with Gasteiger partial charge in [0, 0.05) is 39.3 Å². The SMILES string of the molecule is C=C(C)CN(CC)C(=O)CN1CCN(S(=O)(=O)c2ccc(F)cc2)CC1. The molecule has 0 atom stereocenters. The lowest BCUT2D eigenvalue weighted by Gasteiger charge is -2.34. The van der Waals surface area contributed by atoms with Gasteiger partial charge in [0.15, 0.2) is 0 Å². The molecule has 144 valence electrons. The summed E-state index contributed by atoms with van der Waals surface area (Å²) in [6, 6.07) is 4.83. The number of likely N-dealkylation sites (N-methyl/N-ethyl adjacent to an activating group) is 1. The summed E-state index contributed by atoms with van der Waals surface area (Å²) < 4.78 is 39.6. The standard InChI is InChI=1S/C18H26FN3O3S/c1-4-21(13-15(2)3)18(23)14-20-9-11-22(12-10-20)26(24,25)17-7-5-16(19)6-8-17/h5-8H,2,4,9-14H2,1,3H3. The van der Waals surface area contributed by atoms with Gasteiger partial charge in [-0.25, -0.2) is 12.8 Å². The molecule has 6 nitrogen and oxygen atoms in total. The van der Waals surface area contributed by atoms with Crippen molar-refractivity contribution in [3.05, 3.63) is 42.2 Å². The van der Waals surface area contributed by atoms with Gasteiger partial charge in [-0.05, 0) is 38.1 Å². The molecule has 1 aromatic carbocycles. The summed E-state index contributed by atoms with van der Waals surface area (Å²) in [6.07, 6.45) is 0. The number of nitrogens with zero attached hydrogens (tertiary/aromatic N) is 3. The molecule has 1 saturated heterocycles. The lowest BCUT2D eigenvalue weighted by atomic mass is 10.3. The smallest absolute Gasteiger partial charge is 0.243 e. The van der Waals surface area contributed by atoms with E-state index < -0.39 is 15.8 Å². The average Bonchev–Trinajstić information content (AvgIpc) is 2.60. The number of carbonyl (C=O) groups excluding carboxylic acids is 1. The fourth-order valence-corrected chi connectivity index (χ4v) is 4.30. The van der Waals surface area contributed by atoms with E-state index in [0.717, 1.165) is 17.7 Å². The van der Waals surface area contributed by atoms with E-state index in [9.17, 15) is 17.6 Å². The fourth-order valence-electron chi connectivity index (χ4n) is 2.88. The van der Waals surface area contributed by atoms with Crippen LogP contribution in [0.1, 0.15) is 13.8 Å². The highest BCUT2D eigenvalue weighted by Crippen LogP contribution is 2.18. The quantitative estimate of drug-likeness (QED) is 0.671.